The molecule has 0 saturated carbocycles. The summed E-state index contributed by atoms with van der Waals surface area (Å²) in [5.74, 6) is -0.964. The van der Waals surface area contributed by atoms with Crippen molar-refractivity contribution in [2.45, 2.75) is 10.9 Å². The van der Waals surface area contributed by atoms with Gasteiger partial charge in [-0.25, -0.2) is 8.78 Å². The molecule has 1 aromatic carbocycles. The molecule has 0 bridgehead atoms. The summed E-state index contributed by atoms with van der Waals surface area (Å²) in [5, 5.41) is 8.51. The van der Waals surface area contributed by atoms with Crippen LogP contribution >= 0.6 is 11.8 Å². The van der Waals surface area contributed by atoms with Gasteiger partial charge in [-0.15, -0.1) is 9.73 Å². The first kappa shape index (κ1) is 17.2. The lowest BCUT2D eigenvalue weighted by molar-refractivity contribution is 0.601. The van der Waals surface area contributed by atoms with Crippen LogP contribution in [0.2, 0.25) is 0 Å². The van der Waals surface area contributed by atoms with Gasteiger partial charge in [0.2, 0.25) is 0 Å². The number of pyridine rings is 1. The Labute approximate surface area is 154 Å². The van der Waals surface area contributed by atoms with Crippen LogP contribution in [0.3, 0.4) is 0 Å². The number of hydrogen-bond acceptors (Lipinski definition) is 5. The lowest BCUT2D eigenvalue weighted by atomic mass is 10.2. The van der Waals surface area contributed by atoms with Crippen molar-refractivity contribution in [3.8, 4) is 5.69 Å². The molecule has 3 aromatic heterocycles. The largest absolute Gasteiger partial charge is 0.324 e. The summed E-state index contributed by atoms with van der Waals surface area (Å²) in [6, 6.07) is 8.38. The van der Waals surface area contributed by atoms with Crippen molar-refractivity contribution < 1.29 is 8.78 Å². The van der Waals surface area contributed by atoms with Crippen molar-refractivity contribution >= 4 is 17.3 Å². The summed E-state index contributed by atoms with van der Waals surface area (Å²) in [7, 11) is 0. The van der Waals surface area contributed by atoms with Crippen LogP contribution in [-0.4, -0.2) is 24.4 Å². The third kappa shape index (κ3) is 3.26. The van der Waals surface area contributed by atoms with Crippen LogP contribution in [-0.2, 0) is 5.75 Å². The van der Waals surface area contributed by atoms with Crippen molar-refractivity contribution in [3.63, 3.8) is 0 Å². The standard InChI is InChI=1S/C17H11F2N5O2S/c18-11-3-1-10(2-4-11)9-27-17-22-24-14(5-6-21-24)16(26)23(17)12-7-13(19)15(25)20-8-12/h1-8H,9H2,(H,20,25). The Balaban J connectivity index is 1.82. The highest BCUT2D eigenvalue weighted by molar-refractivity contribution is 7.98. The molecule has 0 aliphatic carbocycles. The molecule has 0 saturated heterocycles. The number of hydrogen-bond donors (Lipinski definition) is 1. The van der Waals surface area contributed by atoms with E-state index in [0.717, 1.165) is 11.6 Å². The number of thioether (sulfide) groups is 1. The summed E-state index contributed by atoms with van der Waals surface area (Å²) in [6.45, 7) is 0. The Bertz CT molecular complexity index is 1250. The summed E-state index contributed by atoms with van der Waals surface area (Å²) in [6.07, 6.45) is 2.67. The van der Waals surface area contributed by atoms with Gasteiger partial charge in [0.15, 0.2) is 16.5 Å². The molecule has 0 atom stereocenters. The highest BCUT2D eigenvalue weighted by Gasteiger charge is 2.15. The van der Waals surface area contributed by atoms with E-state index in [0.29, 0.717) is 5.75 Å². The molecule has 10 heteroatoms. The van der Waals surface area contributed by atoms with Gasteiger partial charge in [0.25, 0.3) is 11.1 Å². The van der Waals surface area contributed by atoms with Gasteiger partial charge in [0.05, 0.1) is 11.9 Å². The molecule has 136 valence electrons. The summed E-state index contributed by atoms with van der Waals surface area (Å²) < 4.78 is 29.2. The van der Waals surface area contributed by atoms with E-state index in [4.69, 9.17) is 0 Å². The van der Waals surface area contributed by atoms with Crippen molar-refractivity contribution in [2.24, 2.45) is 0 Å². The second kappa shape index (κ2) is 6.80. The molecule has 0 radical (unpaired) electrons. The zero-order valence-corrected chi connectivity index (χ0v) is 14.4. The van der Waals surface area contributed by atoms with Crippen LogP contribution in [0.15, 0.2) is 63.5 Å². The first-order chi connectivity index (χ1) is 13.0. The number of benzene rings is 1. The van der Waals surface area contributed by atoms with Crippen molar-refractivity contribution in [1.82, 2.24) is 24.4 Å². The second-order valence-electron chi connectivity index (χ2n) is 5.58. The van der Waals surface area contributed by atoms with Crippen LogP contribution < -0.4 is 11.1 Å². The Morgan fingerprint density at radius 2 is 1.89 bits per heavy atom. The number of nitrogens with one attached hydrogen (secondary N) is 1. The molecule has 4 aromatic rings. The van der Waals surface area contributed by atoms with Crippen molar-refractivity contribution in [3.05, 3.63) is 86.7 Å². The van der Waals surface area contributed by atoms with Crippen LogP contribution in [0.5, 0.6) is 0 Å². The highest BCUT2D eigenvalue weighted by atomic mass is 32.2. The van der Waals surface area contributed by atoms with E-state index < -0.39 is 16.9 Å². The normalized spacial score (nSPS) is 11.2. The quantitative estimate of drug-likeness (QED) is 0.543. The summed E-state index contributed by atoms with van der Waals surface area (Å²) in [4.78, 5) is 26.4. The van der Waals surface area contributed by atoms with Crippen LogP contribution in [0.1, 0.15) is 5.56 Å². The smallest absolute Gasteiger partial charge is 0.285 e. The van der Waals surface area contributed by atoms with Crippen LogP contribution in [0.25, 0.3) is 11.2 Å². The minimum Gasteiger partial charge on any atom is -0.324 e. The van der Waals surface area contributed by atoms with Crippen molar-refractivity contribution in [2.75, 3.05) is 0 Å². The number of nitrogens with zero attached hydrogens (tertiary/aromatic N) is 4. The third-order valence-corrected chi connectivity index (χ3v) is 4.80. The van der Waals surface area contributed by atoms with Gasteiger partial charge in [-0.1, -0.05) is 23.9 Å². The van der Waals surface area contributed by atoms with E-state index in [-0.39, 0.29) is 22.2 Å². The molecule has 0 spiro atoms. The molecular formula is C17H11F2N5O2S. The Kier molecular flexibility index (Phi) is 4.32. The molecule has 0 amide bonds. The fourth-order valence-corrected chi connectivity index (χ4v) is 3.42. The molecule has 27 heavy (non-hydrogen) atoms. The topological polar surface area (TPSA) is 85.1 Å². The zero-order valence-electron chi connectivity index (χ0n) is 13.6. The minimum atomic E-state index is -1.01. The fraction of sp³-hybridized carbons (Fsp3) is 0.0588. The predicted octanol–water partition coefficient (Wildman–Crippen LogP) is 2.14. The highest BCUT2D eigenvalue weighted by Crippen LogP contribution is 2.22. The zero-order chi connectivity index (χ0) is 19.0. The molecule has 7 nitrogen and oxygen atoms in total. The predicted molar refractivity (Wildman–Crippen MR) is 95.1 cm³/mol. The van der Waals surface area contributed by atoms with E-state index in [9.17, 15) is 18.4 Å². The Hall–Kier alpha value is -3.27. The number of rotatable bonds is 4. The lowest BCUT2D eigenvalue weighted by Gasteiger charge is -2.11. The molecule has 3 heterocycles. The first-order valence-corrected chi connectivity index (χ1v) is 8.74. The van der Waals surface area contributed by atoms with Gasteiger partial charge in [-0.3, -0.25) is 14.2 Å². The number of aromatic nitrogens is 5. The fourth-order valence-electron chi connectivity index (χ4n) is 2.48. The van der Waals surface area contributed by atoms with E-state index >= 15 is 0 Å². The first-order valence-electron chi connectivity index (χ1n) is 7.76. The molecule has 0 aliphatic rings. The van der Waals surface area contributed by atoms with Gasteiger partial charge in [0, 0.05) is 18.0 Å². The third-order valence-electron chi connectivity index (χ3n) is 3.80. The van der Waals surface area contributed by atoms with Crippen LogP contribution in [0, 0.1) is 11.6 Å². The molecular weight excluding hydrogens is 376 g/mol. The monoisotopic (exact) mass is 387 g/mol. The van der Waals surface area contributed by atoms with E-state index in [1.165, 1.54) is 51.6 Å². The summed E-state index contributed by atoms with van der Waals surface area (Å²) in [5.41, 5.74) is -0.195. The van der Waals surface area contributed by atoms with Gasteiger partial charge >= 0.3 is 0 Å². The second-order valence-corrected chi connectivity index (χ2v) is 6.52. The molecule has 4 rings (SSSR count). The molecule has 0 unspecified atom stereocenters. The number of halogens is 2. The Morgan fingerprint density at radius 1 is 1.11 bits per heavy atom. The van der Waals surface area contributed by atoms with Gasteiger partial charge < -0.3 is 4.98 Å². The maximum atomic E-state index is 13.7. The van der Waals surface area contributed by atoms with Crippen LogP contribution in [0.4, 0.5) is 8.78 Å². The van der Waals surface area contributed by atoms with Gasteiger partial charge in [-0.2, -0.15) is 5.10 Å². The molecule has 1 N–H and O–H groups in total. The maximum absolute atomic E-state index is 13.7. The Morgan fingerprint density at radius 3 is 2.63 bits per heavy atom. The minimum absolute atomic E-state index is 0.134. The maximum Gasteiger partial charge on any atom is 0.285 e. The van der Waals surface area contributed by atoms with E-state index in [1.54, 1.807) is 12.1 Å². The lowest BCUT2D eigenvalue weighted by Crippen LogP contribution is -2.25. The SMILES string of the molecule is O=c1[nH]cc(-n2c(SCc3ccc(F)cc3)nn3nccc3c2=O)cc1F. The molecule has 0 aliphatic heterocycles. The average Bonchev–Trinajstić information content (AvgIpc) is 3.13. The van der Waals surface area contributed by atoms with Gasteiger partial charge in [0.1, 0.15) is 5.82 Å². The van der Waals surface area contributed by atoms with Gasteiger partial charge in [-0.05, 0) is 23.8 Å². The summed E-state index contributed by atoms with van der Waals surface area (Å²) >= 11 is 1.20. The van der Waals surface area contributed by atoms with E-state index in [2.05, 4.69) is 15.2 Å². The average molecular weight is 387 g/mol. The van der Waals surface area contributed by atoms with E-state index in [1.807, 2.05) is 0 Å². The number of aromatic amines is 1. The number of fused-ring (bicyclic) bond motifs is 1. The van der Waals surface area contributed by atoms with Crippen molar-refractivity contribution in [1.29, 1.82) is 0 Å². The molecule has 0 fully saturated rings. The number of H-pyrrole nitrogens is 1.